The molecule has 2 aliphatic heterocycles. The number of nitrogens with zero attached hydrogens (tertiary/aromatic N) is 1. The van der Waals surface area contributed by atoms with Crippen molar-refractivity contribution >= 4 is 0 Å². The lowest BCUT2D eigenvalue weighted by Gasteiger charge is -2.50. The molecule has 0 aromatic heterocycles. The molecule has 2 heterocycles. The van der Waals surface area contributed by atoms with Gasteiger partial charge in [-0.25, -0.2) is 4.39 Å². The highest BCUT2D eigenvalue weighted by molar-refractivity contribution is 5.26. The molecule has 5 heteroatoms. The van der Waals surface area contributed by atoms with Gasteiger partial charge in [0.05, 0.1) is 17.8 Å². The molecule has 2 fully saturated rings. The van der Waals surface area contributed by atoms with Crippen molar-refractivity contribution in [2.75, 3.05) is 19.7 Å². The summed E-state index contributed by atoms with van der Waals surface area (Å²) in [6.07, 6.45) is 1.35. The van der Waals surface area contributed by atoms with Crippen molar-refractivity contribution in [3.05, 3.63) is 35.1 Å². The third kappa shape index (κ3) is 3.58. The van der Waals surface area contributed by atoms with Gasteiger partial charge < -0.3 is 14.9 Å². The van der Waals surface area contributed by atoms with Gasteiger partial charge in [-0.2, -0.15) is 0 Å². The Morgan fingerprint density at radius 3 is 2.65 bits per heavy atom. The third-order valence-corrected chi connectivity index (χ3v) is 5.41. The van der Waals surface area contributed by atoms with E-state index in [1.165, 1.54) is 6.07 Å². The van der Waals surface area contributed by atoms with Crippen LogP contribution in [0.4, 0.5) is 4.39 Å². The van der Waals surface area contributed by atoms with Crippen LogP contribution < -0.4 is 0 Å². The summed E-state index contributed by atoms with van der Waals surface area (Å²) in [6.45, 7) is 6.39. The van der Waals surface area contributed by atoms with E-state index in [0.717, 1.165) is 43.6 Å². The summed E-state index contributed by atoms with van der Waals surface area (Å²) in [5.74, 6) is -0.194. The lowest BCUT2D eigenvalue weighted by atomic mass is 9.76. The van der Waals surface area contributed by atoms with Crippen LogP contribution >= 0.6 is 0 Å². The summed E-state index contributed by atoms with van der Waals surface area (Å²) in [5, 5.41) is 20.2. The van der Waals surface area contributed by atoms with Crippen LogP contribution in [0.5, 0.6) is 0 Å². The second-order valence-electron chi connectivity index (χ2n) is 7.39. The van der Waals surface area contributed by atoms with Crippen molar-refractivity contribution < 1.29 is 19.3 Å². The van der Waals surface area contributed by atoms with Gasteiger partial charge >= 0.3 is 0 Å². The smallest absolute Gasteiger partial charge is 0.123 e. The summed E-state index contributed by atoms with van der Waals surface area (Å²) in [4.78, 5) is 2.34. The fourth-order valence-electron chi connectivity index (χ4n) is 3.77. The van der Waals surface area contributed by atoms with E-state index in [1.807, 2.05) is 13.0 Å². The Morgan fingerprint density at radius 2 is 2.04 bits per heavy atom. The summed E-state index contributed by atoms with van der Waals surface area (Å²) in [5.41, 5.74) is 0.727. The fraction of sp³-hybridized carbons (Fsp3) is 0.667. The number of aryl methyl sites for hydroxylation is 1. The summed E-state index contributed by atoms with van der Waals surface area (Å²) < 4.78 is 19.1. The zero-order valence-corrected chi connectivity index (χ0v) is 13.9. The van der Waals surface area contributed by atoms with Crippen LogP contribution in [-0.4, -0.2) is 52.1 Å². The van der Waals surface area contributed by atoms with E-state index in [2.05, 4.69) is 4.90 Å². The normalized spacial score (nSPS) is 31.4. The zero-order valence-electron chi connectivity index (χ0n) is 13.9. The van der Waals surface area contributed by atoms with Crippen LogP contribution in [0.2, 0.25) is 0 Å². The molecule has 0 aliphatic carbocycles. The average molecular weight is 323 g/mol. The number of rotatable bonds is 2. The molecule has 23 heavy (non-hydrogen) atoms. The van der Waals surface area contributed by atoms with Gasteiger partial charge in [-0.1, -0.05) is 6.07 Å². The van der Waals surface area contributed by atoms with E-state index in [-0.39, 0.29) is 18.0 Å². The molecule has 0 saturated carbocycles. The fourth-order valence-corrected chi connectivity index (χ4v) is 3.77. The monoisotopic (exact) mass is 323 g/mol. The Labute approximate surface area is 136 Å². The van der Waals surface area contributed by atoms with Crippen LogP contribution in [0.25, 0.3) is 0 Å². The van der Waals surface area contributed by atoms with E-state index >= 15 is 0 Å². The van der Waals surface area contributed by atoms with Gasteiger partial charge in [0.1, 0.15) is 11.9 Å². The Kier molecular flexibility index (Phi) is 4.49. The Morgan fingerprint density at radius 1 is 1.35 bits per heavy atom. The predicted molar refractivity (Wildman–Crippen MR) is 85.6 cm³/mol. The Balaban J connectivity index is 1.60. The highest BCUT2D eigenvalue weighted by Gasteiger charge is 2.48. The highest BCUT2D eigenvalue weighted by Crippen LogP contribution is 2.39. The molecule has 0 unspecified atom stereocenters. The molecule has 128 valence electrons. The van der Waals surface area contributed by atoms with Crippen LogP contribution in [-0.2, 0) is 11.3 Å². The molecule has 2 saturated heterocycles. The molecule has 0 bridgehead atoms. The summed E-state index contributed by atoms with van der Waals surface area (Å²) in [7, 11) is 0. The van der Waals surface area contributed by atoms with Crippen molar-refractivity contribution in [2.45, 2.75) is 57.0 Å². The number of piperidine rings is 1. The number of aliphatic hydroxyl groups is 2. The predicted octanol–water partition coefficient (Wildman–Crippen LogP) is 2.00. The largest absolute Gasteiger partial charge is 0.388 e. The molecule has 1 spiro atoms. The van der Waals surface area contributed by atoms with Crippen molar-refractivity contribution in [3.8, 4) is 0 Å². The molecule has 0 radical (unpaired) electrons. The molecule has 2 aliphatic rings. The number of ether oxygens (including phenoxy) is 1. The van der Waals surface area contributed by atoms with Crippen LogP contribution in [0.1, 0.15) is 37.3 Å². The number of aliphatic hydroxyl groups excluding tert-OH is 1. The molecule has 3 rings (SSSR count). The van der Waals surface area contributed by atoms with Gasteiger partial charge in [-0.15, -0.1) is 0 Å². The molecule has 0 amide bonds. The van der Waals surface area contributed by atoms with Crippen LogP contribution in [0.3, 0.4) is 0 Å². The first-order valence-electron chi connectivity index (χ1n) is 8.31. The van der Waals surface area contributed by atoms with E-state index in [0.29, 0.717) is 6.42 Å². The maximum atomic E-state index is 13.2. The van der Waals surface area contributed by atoms with Crippen molar-refractivity contribution in [2.24, 2.45) is 0 Å². The molecule has 2 atom stereocenters. The number of benzene rings is 1. The standard InChI is InChI=1S/C18H26FNO3/c1-13-9-15(19)4-3-14(13)10-20-7-5-18(6-8-20)12-17(2,22)16(21)11-23-18/h3-4,9,16,21-22H,5-8,10-12H2,1-2H3/t16-,17-/m0/s1. The molecular weight excluding hydrogens is 297 g/mol. The molecule has 1 aromatic carbocycles. The first-order valence-corrected chi connectivity index (χ1v) is 8.31. The zero-order chi connectivity index (χ0) is 16.7. The minimum Gasteiger partial charge on any atom is -0.388 e. The molecular formula is C18H26FNO3. The van der Waals surface area contributed by atoms with Gasteiger partial charge in [-0.05, 0) is 49.9 Å². The average Bonchev–Trinajstić information content (AvgIpc) is 2.48. The second-order valence-corrected chi connectivity index (χ2v) is 7.39. The van der Waals surface area contributed by atoms with E-state index in [4.69, 9.17) is 4.74 Å². The number of hydrogen-bond acceptors (Lipinski definition) is 4. The third-order valence-electron chi connectivity index (χ3n) is 5.41. The Bertz CT molecular complexity index is 567. The number of halogens is 1. The van der Waals surface area contributed by atoms with E-state index in [9.17, 15) is 14.6 Å². The van der Waals surface area contributed by atoms with E-state index in [1.54, 1.807) is 13.0 Å². The van der Waals surface area contributed by atoms with Gasteiger partial charge in [0.25, 0.3) is 0 Å². The summed E-state index contributed by atoms with van der Waals surface area (Å²) in [6, 6.07) is 4.94. The first-order chi connectivity index (χ1) is 10.8. The lowest BCUT2D eigenvalue weighted by Crippen LogP contribution is -2.59. The molecule has 2 N–H and O–H groups in total. The Hall–Kier alpha value is -1.01. The molecule has 4 nitrogen and oxygen atoms in total. The van der Waals surface area contributed by atoms with Gasteiger partial charge in [0.2, 0.25) is 0 Å². The second kappa shape index (κ2) is 6.13. The minimum absolute atomic E-state index is 0.194. The maximum Gasteiger partial charge on any atom is 0.123 e. The van der Waals surface area contributed by atoms with Crippen molar-refractivity contribution in [1.29, 1.82) is 0 Å². The minimum atomic E-state index is -1.08. The van der Waals surface area contributed by atoms with Crippen LogP contribution in [0.15, 0.2) is 18.2 Å². The number of likely N-dealkylation sites (tertiary alicyclic amines) is 1. The maximum absolute atomic E-state index is 13.2. The van der Waals surface area contributed by atoms with E-state index < -0.39 is 11.7 Å². The quantitative estimate of drug-likeness (QED) is 0.874. The van der Waals surface area contributed by atoms with Crippen molar-refractivity contribution in [1.82, 2.24) is 4.90 Å². The van der Waals surface area contributed by atoms with Crippen molar-refractivity contribution in [3.63, 3.8) is 0 Å². The molecule has 1 aromatic rings. The SMILES string of the molecule is Cc1cc(F)ccc1CN1CCC2(CC1)C[C@](C)(O)[C@@H](O)CO2. The topological polar surface area (TPSA) is 52.9 Å². The number of hydrogen-bond donors (Lipinski definition) is 2. The highest BCUT2D eigenvalue weighted by atomic mass is 19.1. The summed E-state index contributed by atoms with van der Waals surface area (Å²) >= 11 is 0. The first kappa shape index (κ1) is 16.8. The van der Waals surface area contributed by atoms with Crippen LogP contribution in [0, 0.1) is 12.7 Å². The van der Waals surface area contributed by atoms with Gasteiger partial charge in [0.15, 0.2) is 0 Å². The van der Waals surface area contributed by atoms with Gasteiger partial charge in [0, 0.05) is 26.1 Å². The van der Waals surface area contributed by atoms with Gasteiger partial charge in [-0.3, -0.25) is 4.90 Å². The lowest BCUT2D eigenvalue weighted by molar-refractivity contribution is -0.223.